The Hall–Kier alpha value is -1.06. The number of rotatable bonds is 2. The average Bonchev–Trinajstić information content (AvgIpc) is 2.02. The molecule has 0 aliphatic heterocycles. The molecule has 0 aliphatic rings. The molecule has 0 aromatic carbocycles. The van der Waals surface area contributed by atoms with E-state index in [0.29, 0.717) is 11.3 Å². The Morgan fingerprint density at radius 3 is 2.54 bits per heavy atom. The van der Waals surface area contributed by atoms with Gasteiger partial charge in [-0.05, 0) is 11.6 Å². The van der Waals surface area contributed by atoms with Gasteiger partial charge in [0.15, 0.2) is 0 Å². The second-order valence-electron chi connectivity index (χ2n) is 2.25. The summed E-state index contributed by atoms with van der Waals surface area (Å²) >= 11 is 11.3. The highest BCUT2D eigenvalue weighted by Crippen LogP contribution is 2.24. The lowest BCUT2D eigenvalue weighted by atomic mass is 10.2. The first-order chi connectivity index (χ1) is 6.06. The van der Waals surface area contributed by atoms with Gasteiger partial charge in [-0.3, -0.25) is 0 Å². The molecule has 0 bridgehead atoms. The molecule has 1 aromatic rings. The maximum absolute atomic E-state index is 5.68. The zero-order valence-corrected chi connectivity index (χ0v) is 8.23. The van der Waals surface area contributed by atoms with Crippen LogP contribution in [0, 0.1) is 0 Å². The molecule has 1 heterocycles. The van der Waals surface area contributed by atoms with Crippen molar-refractivity contribution in [3.63, 3.8) is 0 Å². The van der Waals surface area contributed by atoms with Crippen molar-refractivity contribution in [2.75, 3.05) is 5.73 Å². The third kappa shape index (κ3) is 1.99. The van der Waals surface area contributed by atoms with Crippen molar-refractivity contribution >= 4 is 40.1 Å². The van der Waals surface area contributed by atoms with E-state index >= 15 is 0 Å². The Labute approximate surface area is 85.9 Å². The number of hydrogen-bond donors (Lipinski definition) is 1. The molecule has 0 amide bonds. The first-order valence-corrected chi connectivity index (χ1v) is 4.12. The molecule has 0 spiro atoms. The third-order valence-electron chi connectivity index (χ3n) is 1.41. The lowest BCUT2D eigenvalue weighted by Gasteiger charge is -2.05. The van der Waals surface area contributed by atoms with Gasteiger partial charge in [0.1, 0.15) is 5.82 Å². The predicted molar refractivity (Wildman–Crippen MR) is 56.4 cm³/mol. The number of hydrogen-bond acceptors (Lipinski definition) is 3. The molecule has 0 saturated heterocycles. The molecule has 0 fully saturated rings. The highest BCUT2D eigenvalue weighted by molar-refractivity contribution is 6.48. The van der Waals surface area contributed by atoms with Crippen molar-refractivity contribution in [1.29, 1.82) is 0 Å². The fourth-order valence-corrected chi connectivity index (χ4v) is 1.19. The summed E-state index contributed by atoms with van der Waals surface area (Å²) in [6.45, 7) is 7.09. The first kappa shape index (κ1) is 10.0. The Balaban J connectivity index is 3.46. The summed E-state index contributed by atoms with van der Waals surface area (Å²) in [4.78, 5) is 7.62. The lowest BCUT2D eigenvalue weighted by Crippen LogP contribution is -2.00. The highest BCUT2D eigenvalue weighted by Gasteiger charge is 2.09. The van der Waals surface area contributed by atoms with E-state index in [1.54, 1.807) is 0 Å². The quantitative estimate of drug-likeness (QED) is 0.773. The normalized spacial score (nSPS) is 9.69. The zero-order chi connectivity index (χ0) is 10.0. The Morgan fingerprint density at radius 2 is 2.08 bits per heavy atom. The molecule has 0 radical (unpaired) electrons. The molecule has 0 aliphatic carbocycles. The van der Waals surface area contributed by atoms with E-state index in [2.05, 4.69) is 23.1 Å². The fourth-order valence-electron chi connectivity index (χ4n) is 0.866. The van der Waals surface area contributed by atoms with Gasteiger partial charge in [-0.15, -0.1) is 0 Å². The van der Waals surface area contributed by atoms with Gasteiger partial charge in [0, 0.05) is 5.56 Å². The molecular formula is C8H7Cl2N3. The topological polar surface area (TPSA) is 51.8 Å². The molecule has 5 heteroatoms. The zero-order valence-electron chi connectivity index (χ0n) is 6.72. The van der Waals surface area contributed by atoms with Crippen molar-refractivity contribution in [3.05, 3.63) is 29.7 Å². The van der Waals surface area contributed by atoms with Gasteiger partial charge in [-0.25, -0.2) is 9.97 Å². The minimum absolute atomic E-state index is 0.0416. The van der Waals surface area contributed by atoms with Crippen LogP contribution in [0.15, 0.2) is 13.2 Å². The van der Waals surface area contributed by atoms with Crippen LogP contribution < -0.4 is 5.73 Å². The van der Waals surface area contributed by atoms with Gasteiger partial charge >= 0.3 is 0 Å². The van der Waals surface area contributed by atoms with E-state index in [4.69, 9.17) is 28.9 Å². The van der Waals surface area contributed by atoms with Crippen LogP contribution in [0.5, 0.6) is 0 Å². The van der Waals surface area contributed by atoms with Crippen LogP contribution in [0.1, 0.15) is 11.3 Å². The van der Waals surface area contributed by atoms with E-state index in [-0.39, 0.29) is 16.1 Å². The number of aromatic nitrogens is 2. The van der Waals surface area contributed by atoms with Gasteiger partial charge in [-0.2, -0.15) is 0 Å². The SMILES string of the molecule is C=Cc1c(N)nc(Cl)nc1C(=C)Cl. The molecule has 2 N–H and O–H groups in total. The summed E-state index contributed by atoms with van der Waals surface area (Å²) in [5.41, 5.74) is 6.52. The molecule has 3 nitrogen and oxygen atoms in total. The van der Waals surface area contributed by atoms with Gasteiger partial charge in [0.25, 0.3) is 0 Å². The molecule has 1 rings (SSSR count). The molecule has 1 aromatic heterocycles. The minimum Gasteiger partial charge on any atom is -0.383 e. The van der Waals surface area contributed by atoms with E-state index in [1.165, 1.54) is 6.08 Å². The average molecular weight is 216 g/mol. The van der Waals surface area contributed by atoms with E-state index < -0.39 is 0 Å². The van der Waals surface area contributed by atoms with Gasteiger partial charge < -0.3 is 5.73 Å². The smallest absolute Gasteiger partial charge is 0.224 e. The van der Waals surface area contributed by atoms with Crippen molar-refractivity contribution in [1.82, 2.24) is 9.97 Å². The third-order valence-corrected chi connectivity index (χ3v) is 1.76. The van der Waals surface area contributed by atoms with Crippen LogP contribution in [0.2, 0.25) is 5.28 Å². The van der Waals surface area contributed by atoms with Crippen molar-refractivity contribution in [2.45, 2.75) is 0 Å². The second kappa shape index (κ2) is 3.77. The summed E-state index contributed by atoms with van der Waals surface area (Å²) in [6.07, 6.45) is 1.51. The van der Waals surface area contributed by atoms with Crippen LogP contribution >= 0.6 is 23.2 Å². The number of anilines is 1. The molecular weight excluding hydrogens is 209 g/mol. The standard InChI is InChI=1S/C8H7Cl2N3/c1-3-5-6(4(2)9)12-8(10)13-7(5)11/h3H,1-2H2,(H2,11,12,13). The Morgan fingerprint density at radius 1 is 1.46 bits per heavy atom. The van der Waals surface area contributed by atoms with Crippen LogP contribution in [-0.4, -0.2) is 9.97 Å². The predicted octanol–water partition coefficient (Wildman–Crippen LogP) is 2.56. The fraction of sp³-hybridized carbons (Fsp3) is 0. The molecule has 13 heavy (non-hydrogen) atoms. The number of nitrogens with two attached hydrogens (primary N) is 1. The van der Waals surface area contributed by atoms with Crippen molar-refractivity contribution < 1.29 is 0 Å². The summed E-state index contributed by atoms with van der Waals surface area (Å²) in [5.74, 6) is 0.242. The van der Waals surface area contributed by atoms with Crippen molar-refractivity contribution in [2.24, 2.45) is 0 Å². The summed E-state index contributed by atoms with van der Waals surface area (Å²) < 4.78 is 0. The molecule has 0 atom stereocenters. The highest BCUT2D eigenvalue weighted by atomic mass is 35.5. The van der Waals surface area contributed by atoms with Crippen LogP contribution in [-0.2, 0) is 0 Å². The second-order valence-corrected chi connectivity index (χ2v) is 3.04. The van der Waals surface area contributed by atoms with Crippen LogP contribution in [0.3, 0.4) is 0 Å². The number of nitrogens with zero attached hydrogens (tertiary/aromatic N) is 2. The lowest BCUT2D eigenvalue weighted by molar-refractivity contribution is 1.15. The summed E-state index contributed by atoms with van der Waals surface area (Å²) in [7, 11) is 0. The van der Waals surface area contributed by atoms with Gasteiger partial charge in [0.05, 0.1) is 10.7 Å². The molecule has 0 saturated carbocycles. The maximum atomic E-state index is 5.68. The Kier molecular flexibility index (Phi) is 2.90. The number of halogens is 2. The van der Waals surface area contributed by atoms with Gasteiger partial charge in [-0.1, -0.05) is 30.8 Å². The molecule has 0 unspecified atom stereocenters. The van der Waals surface area contributed by atoms with E-state index in [0.717, 1.165) is 0 Å². The van der Waals surface area contributed by atoms with Gasteiger partial charge in [0.2, 0.25) is 5.28 Å². The van der Waals surface area contributed by atoms with Crippen molar-refractivity contribution in [3.8, 4) is 0 Å². The monoisotopic (exact) mass is 215 g/mol. The van der Waals surface area contributed by atoms with E-state index in [9.17, 15) is 0 Å². The summed E-state index contributed by atoms with van der Waals surface area (Å²) in [6, 6.07) is 0. The van der Waals surface area contributed by atoms with Crippen LogP contribution in [0.25, 0.3) is 11.1 Å². The van der Waals surface area contributed by atoms with E-state index in [1.807, 2.05) is 0 Å². The maximum Gasteiger partial charge on any atom is 0.224 e. The Bertz CT molecular complexity index is 374. The number of nitrogen functional groups attached to an aromatic ring is 1. The minimum atomic E-state index is 0.0416. The largest absolute Gasteiger partial charge is 0.383 e. The summed E-state index contributed by atoms with van der Waals surface area (Å²) in [5, 5.41) is 0.297. The molecule has 68 valence electrons. The van der Waals surface area contributed by atoms with Crippen LogP contribution in [0.4, 0.5) is 5.82 Å². The first-order valence-electron chi connectivity index (χ1n) is 3.36.